The highest BCUT2D eigenvalue weighted by Gasteiger charge is 2.22. The Bertz CT molecular complexity index is 1370. The van der Waals surface area contributed by atoms with E-state index in [1.807, 2.05) is 66.8 Å². The maximum atomic E-state index is 11.9. The van der Waals surface area contributed by atoms with Crippen molar-refractivity contribution in [3.8, 4) is 17.3 Å². The fraction of sp³-hybridized carbons (Fsp3) is 0.292. The lowest BCUT2D eigenvalue weighted by Gasteiger charge is -2.22. The number of methoxy groups -OCH3 is 1. The Morgan fingerprint density at radius 3 is 2.57 bits per heavy atom. The molecule has 4 rings (SSSR count). The van der Waals surface area contributed by atoms with E-state index in [0.29, 0.717) is 35.2 Å². The second kappa shape index (κ2) is 9.94. The van der Waals surface area contributed by atoms with Gasteiger partial charge in [0, 0.05) is 45.5 Å². The average Bonchev–Trinajstić information content (AvgIpc) is 3.19. The van der Waals surface area contributed by atoms with Crippen molar-refractivity contribution in [1.29, 1.82) is 0 Å². The third-order valence-electron chi connectivity index (χ3n) is 5.71. The van der Waals surface area contributed by atoms with Crippen LogP contribution in [-0.2, 0) is 7.05 Å². The summed E-state index contributed by atoms with van der Waals surface area (Å²) < 4.78 is 7.51. The summed E-state index contributed by atoms with van der Waals surface area (Å²) in [5.74, 6) is 1.40. The van der Waals surface area contributed by atoms with E-state index in [4.69, 9.17) is 4.74 Å². The highest BCUT2D eigenvalue weighted by Crippen LogP contribution is 2.39. The largest absolute Gasteiger partial charge is 0.494 e. The third-order valence-corrected chi connectivity index (χ3v) is 5.71. The molecule has 11 nitrogen and oxygen atoms in total. The molecule has 2 aromatic heterocycles. The first-order valence-corrected chi connectivity index (χ1v) is 11.0. The fourth-order valence-corrected chi connectivity index (χ4v) is 3.79. The van der Waals surface area contributed by atoms with Crippen LogP contribution in [0.4, 0.5) is 23.0 Å². The molecule has 0 bridgehead atoms. The Kier molecular flexibility index (Phi) is 6.78. The van der Waals surface area contributed by atoms with Crippen molar-refractivity contribution in [2.24, 2.45) is 7.05 Å². The topological polar surface area (TPSA) is 114 Å². The number of likely N-dealkylation sites (N-methyl/N-ethyl adjacent to an activating group) is 2. The number of nitro groups is 1. The van der Waals surface area contributed by atoms with Crippen molar-refractivity contribution < 1.29 is 9.66 Å². The number of aryl methyl sites for hydroxylation is 1. The van der Waals surface area contributed by atoms with Crippen LogP contribution in [0.1, 0.15) is 0 Å². The summed E-state index contributed by atoms with van der Waals surface area (Å²) in [5, 5.41) is 15.0. The molecule has 0 aliphatic rings. The molecule has 1 N–H and O–H groups in total. The van der Waals surface area contributed by atoms with E-state index in [-0.39, 0.29) is 11.6 Å². The number of aromatic nitrogens is 4. The SMILES string of the molecule is COc1cc(N(C)CCN(C)C)c([N+](=O)[O-])cc1Nc1nccc(-c2nc3ccccc3n2C)n1. The van der Waals surface area contributed by atoms with Gasteiger partial charge in [-0.2, -0.15) is 0 Å². The Morgan fingerprint density at radius 1 is 1.11 bits per heavy atom. The summed E-state index contributed by atoms with van der Waals surface area (Å²) in [6.07, 6.45) is 1.62. The number of nitrogens with zero attached hydrogens (tertiary/aromatic N) is 7. The maximum Gasteiger partial charge on any atom is 0.294 e. The zero-order valence-electron chi connectivity index (χ0n) is 20.4. The molecule has 0 fully saturated rings. The van der Waals surface area contributed by atoms with Gasteiger partial charge in [0.15, 0.2) is 5.82 Å². The number of ether oxygens (including phenoxy) is 1. The highest BCUT2D eigenvalue weighted by atomic mass is 16.6. The molecule has 0 aliphatic carbocycles. The summed E-state index contributed by atoms with van der Waals surface area (Å²) in [7, 11) is 9.18. The average molecular weight is 477 g/mol. The molecule has 2 heterocycles. The van der Waals surface area contributed by atoms with Crippen LogP contribution < -0.4 is 15.0 Å². The zero-order chi connectivity index (χ0) is 25.1. The van der Waals surface area contributed by atoms with Crippen molar-refractivity contribution in [3.63, 3.8) is 0 Å². The molecule has 35 heavy (non-hydrogen) atoms. The zero-order valence-corrected chi connectivity index (χ0v) is 20.4. The van der Waals surface area contributed by atoms with Crippen LogP contribution >= 0.6 is 0 Å². The van der Waals surface area contributed by atoms with Crippen LogP contribution in [0.25, 0.3) is 22.6 Å². The van der Waals surface area contributed by atoms with Crippen molar-refractivity contribution in [3.05, 3.63) is 58.8 Å². The van der Waals surface area contributed by atoms with E-state index < -0.39 is 4.92 Å². The smallest absolute Gasteiger partial charge is 0.294 e. The molecule has 0 aliphatic heterocycles. The standard InChI is InChI=1S/C24H28N8O3/c1-29(2)12-13-30(3)20-15-22(35-5)18(14-21(20)32(33)34)28-24-25-11-10-17(27-24)23-26-16-8-6-7-9-19(16)31(23)4/h6-11,14-15H,12-13H2,1-5H3,(H,25,27,28). The lowest BCUT2D eigenvalue weighted by molar-refractivity contribution is -0.384. The van der Waals surface area contributed by atoms with Crippen LogP contribution in [0.15, 0.2) is 48.7 Å². The molecule has 0 saturated carbocycles. The van der Waals surface area contributed by atoms with Crippen LogP contribution in [0.5, 0.6) is 5.75 Å². The lowest BCUT2D eigenvalue weighted by Crippen LogP contribution is -2.28. The molecular weight excluding hydrogens is 448 g/mol. The number of nitrogens with one attached hydrogen (secondary N) is 1. The van der Waals surface area contributed by atoms with Crippen molar-refractivity contribution in [2.45, 2.75) is 0 Å². The monoisotopic (exact) mass is 476 g/mol. The van der Waals surface area contributed by atoms with E-state index in [0.717, 1.165) is 17.6 Å². The Balaban J connectivity index is 1.69. The van der Waals surface area contributed by atoms with E-state index in [1.165, 1.54) is 13.2 Å². The number of anilines is 3. The number of fused-ring (bicyclic) bond motifs is 1. The molecule has 0 radical (unpaired) electrons. The van der Waals surface area contributed by atoms with E-state index >= 15 is 0 Å². The molecule has 182 valence electrons. The predicted octanol–water partition coefficient (Wildman–Crippen LogP) is 3.69. The Hall–Kier alpha value is -4.25. The minimum atomic E-state index is -0.400. The molecule has 0 saturated heterocycles. The van der Waals surface area contributed by atoms with Gasteiger partial charge in [-0.05, 0) is 32.3 Å². The second-order valence-corrected chi connectivity index (χ2v) is 8.40. The van der Waals surface area contributed by atoms with Gasteiger partial charge in [-0.3, -0.25) is 10.1 Å². The highest BCUT2D eigenvalue weighted by molar-refractivity contribution is 5.80. The summed E-state index contributed by atoms with van der Waals surface area (Å²) in [5.41, 5.74) is 3.29. The molecule has 0 amide bonds. The predicted molar refractivity (Wildman–Crippen MR) is 136 cm³/mol. The molecule has 2 aromatic carbocycles. The van der Waals surface area contributed by atoms with E-state index in [2.05, 4.69) is 20.3 Å². The number of para-hydroxylation sites is 2. The van der Waals surface area contributed by atoms with Crippen molar-refractivity contribution in [2.75, 3.05) is 51.6 Å². The normalized spacial score (nSPS) is 11.1. The van der Waals surface area contributed by atoms with Gasteiger partial charge < -0.3 is 24.4 Å². The Labute approximate surface area is 203 Å². The molecule has 0 spiro atoms. The van der Waals surface area contributed by atoms with Gasteiger partial charge in [0.25, 0.3) is 5.69 Å². The molecule has 4 aromatic rings. The van der Waals surface area contributed by atoms with Gasteiger partial charge in [0.05, 0.1) is 28.8 Å². The molecule has 11 heteroatoms. The van der Waals surface area contributed by atoms with Crippen molar-refractivity contribution in [1.82, 2.24) is 24.4 Å². The van der Waals surface area contributed by atoms with Gasteiger partial charge in [0.1, 0.15) is 17.1 Å². The molecule has 0 unspecified atom stereocenters. The summed E-state index contributed by atoms with van der Waals surface area (Å²) in [4.78, 5) is 28.9. The number of benzene rings is 2. The molecule has 0 atom stereocenters. The third kappa shape index (κ3) is 4.99. The quantitative estimate of drug-likeness (QED) is 0.285. The number of imidazole rings is 1. The first-order valence-electron chi connectivity index (χ1n) is 11.0. The van der Waals surface area contributed by atoms with Crippen LogP contribution in [0.2, 0.25) is 0 Å². The van der Waals surface area contributed by atoms with Crippen LogP contribution in [0, 0.1) is 10.1 Å². The van der Waals surface area contributed by atoms with Crippen molar-refractivity contribution >= 4 is 34.0 Å². The first kappa shape index (κ1) is 23.9. The number of hydrogen-bond donors (Lipinski definition) is 1. The summed E-state index contributed by atoms with van der Waals surface area (Å²) >= 11 is 0. The number of hydrogen-bond acceptors (Lipinski definition) is 9. The molecular formula is C24H28N8O3. The van der Waals surface area contributed by atoms with Gasteiger partial charge >= 0.3 is 0 Å². The minimum absolute atomic E-state index is 0.0407. The van der Waals surface area contributed by atoms with Gasteiger partial charge in [-0.15, -0.1) is 0 Å². The van der Waals surface area contributed by atoms with Crippen LogP contribution in [0.3, 0.4) is 0 Å². The Morgan fingerprint density at radius 2 is 1.89 bits per heavy atom. The first-order chi connectivity index (χ1) is 16.8. The summed E-state index contributed by atoms with van der Waals surface area (Å²) in [6, 6.07) is 12.7. The maximum absolute atomic E-state index is 11.9. The van der Waals surface area contributed by atoms with E-state index in [1.54, 1.807) is 18.3 Å². The number of rotatable bonds is 9. The lowest BCUT2D eigenvalue weighted by atomic mass is 10.2. The van der Waals surface area contributed by atoms with Gasteiger partial charge in [-0.1, -0.05) is 12.1 Å². The fourth-order valence-electron chi connectivity index (χ4n) is 3.79. The van der Waals surface area contributed by atoms with Gasteiger partial charge in [-0.25, -0.2) is 15.0 Å². The van der Waals surface area contributed by atoms with E-state index in [9.17, 15) is 10.1 Å². The van der Waals surface area contributed by atoms with Crippen LogP contribution in [-0.4, -0.2) is 70.7 Å². The summed E-state index contributed by atoms with van der Waals surface area (Å²) in [6.45, 7) is 1.37. The number of nitro benzene ring substituents is 1. The van der Waals surface area contributed by atoms with Gasteiger partial charge in [0.2, 0.25) is 5.95 Å². The minimum Gasteiger partial charge on any atom is -0.494 e. The second-order valence-electron chi connectivity index (χ2n) is 8.40.